The fourth-order valence-electron chi connectivity index (χ4n) is 1.77. The van der Waals surface area contributed by atoms with Gasteiger partial charge in [-0.1, -0.05) is 11.6 Å². The SMILES string of the molecule is COc1cc(Cl)ccc1S(=O)(=O)N(C)Cc1n[nH]c(C)n1. The number of ether oxygens (including phenoxy) is 1. The summed E-state index contributed by atoms with van der Waals surface area (Å²) in [6.07, 6.45) is 0. The van der Waals surface area contributed by atoms with Crippen molar-refractivity contribution in [2.75, 3.05) is 14.2 Å². The van der Waals surface area contributed by atoms with Gasteiger partial charge in [0.15, 0.2) is 5.82 Å². The number of benzene rings is 1. The van der Waals surface area contributed by atoms with Gasteiger partial charge in [-0.05, 0) is 19.1 Å². The highest BCUT2D eigenvalue weighted by atomic mass is 35.5. The Morgan fingerprint density at radius 1 is 1.43 bits per heavy atom. The van der Waals surface area contributed by atoms with Gasteiger partial charge in [-0.2, -0.15) is 9.40 Å². The second-order valence-corrected chi connectivity index (χ2v) is 6.84. The molecule has 21 heavy (non-hydrogen) atoms. The third-order valence-electron chi connectivity index (χ3n) is 2.82. The van der Waals surface area contributed by atoms with Gasteiger partial charge in [-0.3, -0.25) is 5.10 Å². The zero-order valence-corrected chi connectivity index (χ0v) is 13.4. The molecule has 0 amide bonds. The highest BCUT2D eigenvalue weighted by molar-refractivity contribution is 7.89. The van der Waals surface area contributed by atoms with Crippen LogP contribution in [0.15, 0.2) is 23.1 Å². The van der Waals surface area contributed by atoms with E-state index in [0.29, 0.717) is 16.7 Å². The van der Waals surface area contributed by atoms with Gasteiger partial charge in [-0.15, -0.1) is 0 Å². The zero-order chi connectivity index (χ0) is 15.6. The normalized spacial score (nSPS) is 11.9. The van der Waals surface area contributed by atoms with Crippen LogP contribution >= 0.6 is 11.6 Å². The summed E-state index contributed by atoms with van der Waals surface area (Å²) in [7, 11) is -0.886. The van der Waals surface area contributed by atoms with E-state index in [2.05, 4.69) is 15.2 Å². The molecule has 1 aromatic carbocycles. The maximum atomic E-state index is 12.6. The van der Waals surface area contributed by atoms with Gasteiger partial charge in [0, 0.05) is 18.1 Å². The van der Waals surface area contributed by atoms with E-state index in [9.17, 15) is 8.42 Å². The number of aromatic amines is 1. The van der Waals surface area contributed by atoms with Crippen molar-refractivity contribution >= 4 is 21.6 Å². The third-order valence-corrected chi connectivity index (χ3v) is 4.90. The summed E-state index contributed by atoms with van der Waals surface area (Å²) in [5.41, 5.74) is 0. The lowest BCUT2D eigenvalue weighted by Crippen LogP contribution is -2.27. The van der Waals surface area contributed by atoms with Crippen molar-refractivity contribution in [2.24, 2.45) is 0 Å². The van der Waals surface area contributed by atoms with Crippen LogP contribution < -0.4 is 4.74 Å². The number of methoxy groups -OCH3 is 1. The molecule has 1 heterocycles. The molecule has 0 aliphatic rings. The van der Waals surface area contributed by atoms with Crippen LogP contribution in [0, 0.1) is 6.92 Å². The van der Waals surface area contributed by atoms with Crippen LogP contribution in [0.3, 0.4) is 0 Å². The van der Waals surface area contributed by atoms with Crippen molar-refractivity contribution in [2.45, 2.75) is 18.4 Å². The maximum Gasteiger partial charge on any atom is 0.246 e. The number of sulfonamides is 1. The molecule has 0 saturated heterocycles. The number of hydrogen-bond donors (Lipinski definition) is 1. The first-order valence-electron chi connectivity index (χ1n) is 6.02. The minimum absolute atomic E-state index is 0.0455. The molecule has 0 fully saturated rings. The lowest BCUT2D eigenvalue weighted by Gasteiger charge is -2.17. The predicted octanol–water partition coefficient (Wildman–Crippen LogP) is 1.60. The summed E-state index contributed by atoms with van der Waals surface area (Å²) in [6.45, 7) is 1.80. The number of nitrogens with one attached hydrogen (secondary N) is 1. The number of aryl methyl sites for hydroxylation is 1. The summed E-state index contributed by atoms with van der Waals surface area (Å²) >= 11 is 5.85. The Labute approximate surface area is 128 Å². The number of rotatable bonds is 5. The number of H-pyrrole nitrogens is 1. The average molecular weight is 331 g/mol. The van der Waals surface area contributed by atoms with Crippen molar-refractivity contribution in [3.05, 3.63) is 34.9 Å². The molecule has 7 nitrogen and oxygen atoms in total. The number of nitrogens with zero attached hydrogens (tertiary/aromatic N) is 3. The smallest absolute Gasteiger partial charge is 0.246 e. The van der Waals surface area contributed by atoms with Gasteiger partial charge in [-0.25, -0.2) is 13.4 Å². The molecule has 9 heteroatoms. The molecular weight excluding hydrogens is 316 g/mol. The lowest BCUT2D eigenvalue weighted by atomic mass is 10.3. The number of hydrogen-bond acceptors (Lipinski definition) is 5. The van der Waals surface area contributed by atoms with E-state index in [4.69, 9.17) is 16.3 Å². The van der Waals surface area contributed by atoms with Crippen molar-refractivity contribution in [1.82, 2.24) is 19.5 Å². The topological polar surface area (TPSA) is 88.2 Å². The molecule has 0 bridgehead atoms. The van der Waals surface area contributed by atoms with Gasteiger partial charge in [0.1, 0.15) is 16.5 Å². The largest absolute Gasteiger partial charge is 0.495 e. The van der Waals surface area contributed by atoms with Crippen LogP contribution in [-0.4, -0.2) is 42.1 Å². The van der Waals surface area contributed by atoms with Crippen molar-refractivity contribution < 1.29 is 13.2 Å². The zero-order valence-electron chi connectivity index (χ0n) is 11.8. The molecule has 0 atom stereocenters. The Morgan fingerprint density at radius 3 is 2.71 bits per heavy atom. The molecular formula is C12H15ClN4O3S. The minimum atomic E-state index is -3.73. The molecule has 0 unspecified atom stereocenters. The van der Waals surface area contributed by atoms with E-state index in [-0.39, 0.29) is 17.2 Å². The summed E-state index contributed by atoms with van der Waals surface area (Å²) in [5.74, 6) is 1.21. The van der Waals surface area contributed by atoms with Crippen LogP contribution in [0.2, 0.25) is 5.02 Å². The van der Waals surface area contributed by atoms with Gasteiger partial charge < -0.3 is 4.74 Å². The third kappa shape index (κ3) is 3.34. The second kappa shape index (κ2) is 6.00. The van der Waals surface area contributed by atoms with Crippen LogP contribution in [0.4, 0.5) is 0 Å². The number of halogens is 1. The molecule has 0 radical (unpaired) electrons. The summed E-state index contributed by atoms with van der Waals surface area (Å²) in [4.78, 5) is 4.13. The Kier molecular flexibility index (Phi) is 4.50. The molecule has 0 saturated carbocycles. The quantitative estimate of drug-likeness (QED) is 0.899. The highest BCUT2D eigenvalue weighted by Gasteiger charge is 2.26. The van der Waals surface area contributed by atoms with Crippen molar-refractivity contribution in [3.8, 4) is 5.75 Å². The first kappa shape index (κ1) is 15.7. The molecule has 2 aromatic rings. The molecule has 1 N–H and O–H groups in total. The van der Waals surface area contributed by atoms with E-state index >= 15 is 0 Å². The highest BCUT2D eigenvalue weighted by Crippen LogP contribution is 2.29. The van der Waals surface area contributed by atoms with E-state index in [1.165, 1.54) is 32.4 Å². The van der Waals surface area contributed by atoms with E-state index < -0.39 is 10.0 Å². The average Bonchev–Trinajstić information content (AvgIpc) is 2.83. The minimum Gasteiger partial charge on any atom is -0.495 e. The Bertz CT molecular complexity index is 745. The number of aromatic nitrogens is 3. The maximum absolute atomic E-state index is 12.6. The van der Waals surface area contributed by atoms with E-state index in [1.807, 2.05) is 0 Å². The molecule has 0 aliphatic carbocycles. The second-order valence-electron chi connectivity index (χ2n) is 4.39. The summed E-state index contributed by atoms with van der Waals surface area (Å²) in [5, 5.41) is 7.00. The van der Waals surface area contributed by atoms with Crippen molar-refractivity contribution in [1.29, 1.82) is 0 Å². The van der Waals surface area contributed by atoms with Crippen LogP contribution in [0.5, 0.6) is 5.75 Å². The molecule has 114 valence electrons. The molecule has 0 spiro atoms. The Balaban J connectivity index is 2.33. The lowest BCUT2D eigenvalue weighted by molar-refractivity contribution is 0.397. The first-order chi connectivity index (χ1) is 9.84. The Morgan fingerprint density at radius 2 is 2.14 bits per heavy atom. The standard InChI is InChI=1S/C12H15ClN4O3S/c1-8-14-12(16-15-8)7-17(2)21(18,19)11-5-4-9(13)6-10(11)20-3/h4-6H,7H2,1-3H3,(H,14,15,16). The fourth-order valence-corrected chi connectivity index (χ4v) is 3.19. The van der Waals surface area contributed by atoms with Crippen molar-refractivity contribution in [3.63, 3.8) is 0 Å². The fraction of sp³-hybridized carbons (Fsp3) is 0.333. The summed E-state index contributed by atoms with van der Waals surface area (Å²) < 4.78 is 31.4. The molecule has 0 aliphatic heterocycles. The van der Waals surface area contributed by atoms with Gasteiger partial charge in [0.05, 0.1) is 13.7 Å². The summed E-state index contributed by atoms with van der Waals surface area (Å²) in [6, 6.07) is 4.37. The van der Waals surface area contributed by atoms with E-state index in [1.54, 1.807) is 6.92 Å². The van der Waals surface area contributed by atoms with Crippen LogP contribution in [0.1, 0.15) is 11.6 Å². The van der Waals surface area contributed by atoms with Crippen LogP contribution in [0.25, 0.3) is 0 Å². The van der Waals surface area contributed by atoms with E-state index in [0.717, 1.165) is 4.31 Å². The van der Waals surface area contributed by atoms with Crippen LogP contribution in [-0.2, 0) is 16.6 Å². The van der Waals surface area contributed by atoms with Gasteiger partial charge in [0.2, 0.25) is 10.0 Å². The first-order valence-corrected chi connectivity index (χ1v) is 7.84. The van der Waals surface area contributed by atoms with Gasteiger partial charge in [0.25, 0.3) is 0 Å². The monoisotopic (exact) mass is 330 g/mol. The molecule has 2 rings (SSSR count). The molecule has 1 aromatic heterocycles. The Hall–Kier alpha value is -1.64. The van der Waals surface area contributed by atoms with Gasteiger partial charge >= 0.3 is 0 Å². The predicted molar refractivity (Wildman–Crippen MR) is 77.8 cm³/mol.